The Labute approximate surface area is 168 Å². The zero-order valence-corrected chi connectivity index (χ0v) is 16.0. The van der Waals surface area contributed by atoms with Gasteiger partial charge in [0.05, 0.1) is 31.4 Å². The van der Waals surface area contributed by atoms with Crippen molar-refractivity contribution in [1.29, 1.82) is 0 Å². The Morgan fingerprint density at radius 2 is 1.83 bits per heavy atom. The fraction of sp³-hybridized carbons (Fsp3) is 0.190. The molecule has 0 saturated heterocycles. The second-order valence-corrected chi connectivity index (χ2v) is 6.19. The van der Waals surface area contributed by atoms with Crippen LogP contribution in [-0.4, -0.2) is 18.0 Å². The summed E-state index contributed by atoms with van der Waals surface area (Å²) in [6.45, 7) is 1.37. The Hall–Kier alpha value is -3.81. The van der Waals surface area contributed by atoms with Crippen LogP contribution in [0.15, 0.2) is 76.3 Å². The Morgan fingerprint density at radius 1 is 1.07 bits per heavy atom. The van der Waals surface area contributed by atoms with Crippen LogP contribution in [0.1, 0.15) is 16.9 Å². The van der Waals surface area contributed by atoms with E-state index in [0.717, 1.165) is 22.6 Å². The van der Waals surface area contributed by atoms with Crippen molar-refractivity contribution in [3.05, 3.63) is 93.9 Å². The Balaban J connectivity index is 1.69. The fourth-order valence-corrected chi connectivity index (χ4v) is 2.68. The molecule has 1 aromatic heterocycles. The number of furan rings is 1. The van der Waals surface area contributed by atoms with E-state index in [4.69, 9.17) is 9.15 Å². The van der Waals surface area contributed by atoms with Crippen LogP contribution in [-0.2, 0) is 19.6 Å². The second-order valence-electron chi connectivity index (χ2n) is 6.19. The summed E-state index contributed by atoms with van der Waals surface area (Å²) in [4.78, 5) is 14.9. The predicted octanol–water partition coefficient (Wildman–Crippen LogP) is 3.63. The van der Waals surface area contributed by atoms with Crippen molar-refractivity contribution in [1.82, 2.24) is 10.6 Å². The second kappa shape index (κ2) is 9.93. The van der Waals surface area contributed by atoms with Crippen molar-refractivity contribution >= 4 is 11.6 Å². The number of nitro benzene ring substituents is 1. The van der Waals surface area contributed by atoms with E-state index in [1.165, 1.54) is 12.1 Å². The third kappa shape index (κ3) is 5.83. The summed E-state index contributed by atoms with van der Waals surface area (Å²) in [5.74, 6) is 2.17. The van der Waals surface area contributed by atoms with Gasteiger partial charge in [-0.25, -0.2) is 4.99 Å². The van der Waals surface area contributed by atoms with Gasteiger partial charge in [0.25, 0.3) is 5.69 Å². The maximum atomic E-state index is 10.8. The minimum absolute atomic E-state index is 0.0585. The highest BCUT2D eigenvalue weighted by molar-refractivity contribution is 5.79. The molecule has 0 saturated carbocycles. The maximum Gasteiger partial charge on any atom is 0.269 e. The number of nitrogens with zero attached hydrogens (tertiary/aromatic N) is 2. The predicted molar refractivity (Wildman–Crippen MR) is 110 cm³/mol. The van der Waals surface area contributed by atoms with Crippen molar-refractivity contribution in [3.63, 3.8) is 0 Å². The zero-order valence-electron chi connectivity index (χ0n) is 16.0. The number of hydrogen-bond acceptors (Lipinski definition) is 5. The molecule has 0 amide bonds. The molecule has 29 heavy (non-hydrogen) atoms. The van der Waals surface area contributed by atoms with Crippen molar-refractivity contribution in [2.24, 2.45) is 4.99 Å². The van der Waals surface area contributed by atoms with Gasteiger partial charge in [-0.05, 0) is 23.8 Å². The molecule has 0 fully saturated rings. The van der Waals surface area contributed by atoms with Gasteiger partial charge in [0.15, 0.2) is 5.96 Å². The lowest BCUT2D eigenvalue weighted by Gasteiger charge is -2.14. The molecular formula is C21H22N4O4. The quantitative estimate of drug-likeness (QED) is 0.262. The third-order valence-electron chi connectivity index (χ3n) is 4.22. The molecule has 150 valence electrons. The summed E-state index contributed by atoms with van der Waals surface area (Å²) in [5, 5.41) is 17.3. The number of nitro groups is 1. The topological polar surface area (TPSA) is 102 Å². The smallest absolute Gasteiger partial charge is 0.269 e. The standard InChI is InChI=1S/C21H22N4O4/c1-28-20-7-3-2-5-17(20)14-23-21(24-15-19-6-4-12-29-19)22-13-16-8-10-18(11-9-16)25(26)27/h2-12H,13-15H2,1H3,(H2,22,23,24). The molecular weight excluding hydrogens is 372 g/mol. The van der Waals surface area contributed by atoms with Crippen LogP contribution in [0.2, 0.25) is 0 Å². The normalized spacial score (nSPS) is 11.1. The number of para-hydroxylation sites is 1. The van der Waals surface area contributed by atoms with E-state index < -0.39 is 4.92 Å². The van der Waals surface area contributed by atoms with Crippen LogP contribution in [0.25, 0.3) is 0 Å². The monoisotopic (exact) mass is 394 g/mol. The van der Waals surface area contributed by atoms with Crippen LogP contribution in [0.3, 0.4) is 0 Å². The molecule has 0 aliphatic rings. The zero-order chi connectivity index (χ0) is 20.5. The highest BCUT2D eigenvalue weighted by Gasteiger charge is 2.06. The first-order valence-electron chi connectivity index (χ1n) is 9.05. The van der Waals surface area contributed by atoms with E-state index in [9.17, 15) is 10.1 Å². The van der Waals surface area contributed by atoms with E-state index in [-0.39, 0.29) is 5.69 Å². The van der Waals surface area contributed by atoms with Crippen LogP contribution >= 0.6 is 0 Å². The largest absolute Gasteiger partial charge is 0.496 e. The summed E-state index contributed by atoms with van der Waals surface area (Å²) in [6.07, 6.45) is 1.62. The molecule has 0 atom stereocenters. The molecule has 8 nitrogen and oxygen atoms in total. The number of hydrogen-bond donors (Lipinski definition) is 2. The molecule has 0 aliphatic heterocycles. The molecule has 1 heterocycles. The lowest BCUT2D eigenvalue weighted by Crippen LogP contribution is -2.36. The van der Waals surface area contributed by atoms with Gasteiger partial charge in [0, 0.05) is 24.2 Å². The number of nitrogens with one attached hydrogen (secondary N) is 2. The average Bonchev–Trinajstić information content (AvgIpc) is 3.27. The minimum atomic E-state index is -0.418. The SMILES string of the molecule is COc1ccccc1CNC(=NCc1ccc([N+](=O)[O-])cc1)NCc1ccco1. The number of non-ortho nitro benzene ring substituents is 1. The van der Waals surface area contributed by atoms with Gasteiger partial charge in [0.1, 0.15) is 11.5 Å². The summed E-state index contributed by atoms with van der Waals surface area (Å²) >= 11 is 0. The number of rotatable bonds is 8. The summed E-state index contributed by atoms with van der Waals surface area (Å²) < 4.78 is 10.7. The van der Waals surface area contributed by atoms with Gasteiger partial charge in [-0.2, -0.15) is 0 Å². The van der Waals surface area contributed by atoms with Crippen molar-refractivity contribution in [2.75, 3.05) is 7.11 Å². The molecule has 2 N–H and O–H groups in total. The molecule has 3 aromatic rings. The van der Waals surface area contributed by atoms with Gasteiger partial charge >= 0.3 is 0 Å². The van der Waals surface area contributed by atoms with Crippen molar-refractivity contribution in [2.45, 2.75) is 19.6 Å². The lowest BCUT2D eigenvalue weighted by atomic mass is 10.2. The highest BCUT2D eigenvalue weighted by atomic mass is 16.6. The maximum absolute atomic E-state index is 10.8. The van der Waals surface area contributed by atoms with Gasteiger partial charge < -0.3 is 19.8 Å². The molecule has 2 aromatic carbocycles. The molecule has 0 aliphatic carbocycles. The van der Waals surface area contributed by atoms with Crippen LogP contribution < -0.4 is 15.4 Å². The molecule has 0 bridgehead atoms. The van der Waals surface area contributed by atoms with Crippen LogP contribution in [0.5, 0.6) is 5.75 Å². The Morgan fingerprint density at radius 3 is 2.52 bits per heavy atom. The van der Waals surface area contributed by atoms with E-state index in [1.807, 2.05) is 36.4 Å². The summed E-state index contributed by atoms with van der Waals surface area (Å²) in [6, 6.07) is 17.8. The summed E-state index contributed by atoms with van der Waals surface area (Å²) in [5.41, 5.74) is 1.92. The molecule has 3 rings (SSSR count). The number of guanidine groups is 1. The molecule has 8 heteroatoms. The van der Waals surface area contributed by atoms with Gasteiger partial charge in [0.2, 0.25) is 0 Å². The minimum Gasteiger partial charge on any atom is -0.496 e. The molecule has 0 radical (unpaired) electrons. The number of ether oxygens (including phenoxy) is 1. The summed E-state index contributed by atoms with van der Waals surface area (Å²) in [7, 11) is 1.64. The first-order chi connectivity index (χ1) is 14.2. The molecule has 0 unspecified atom stereocenters. The van der Waals surface area contributed by atoms with E-state index in [1.54, 1.807) is 25.5 Å². The fourth-order valence-electron chi connectivity index (χ4n) is 2.68. The number of methoxy groups -OCH3 is 1. The lowest BCUT2D eigenvalue weighted by molar-refractivity contribution is -0.384. The average molecular weight is 394 g/mol. The first-order valence-corrected chi connectivity index (χ1v) is 9.05. The van der Waals surface area contributed by atoms with Crippen molar-refractivity contribution in [3.8, 4) is 5.75 Å². The Bertz CT molecular complexity index is 953. The first kappa shape index (κ1) is 19.9. The van der Waals surface area contributed by atoms with Gasteiger partial charge in [-0.1, -0.05) is 30.3 Å². The number of benzene rings is 2. The third-order valence-corrected chi connectivity index (χ3v) is 4.22. The highest BCUT2D eigenvalue weighted by Crippen LogP contribution is 2.17. The van der Waals surface area contributed by atoms with E-state index >= 15 is 0 Å². The van der Waals surface area contributed by atoms with Crippen molar-refractivity contribution < 1.29 is 14.1 Å². The number of aliphatic imine (C=N–C) groups is 1. The van der Waals surface area contributed by atoms with E-state index in [0.29, 0.717) is 25.6 Å². The van der Waals surface area contributed by atoms with Crippen LogP contribution in [0, 0.1) is 10.1 Å². The van der Waals surface area contributed by atoms with Gasteiger partial charge in [-0.3, -0.25) is 10.1 Å². The van der Waals surface area contributed by atoms with E-state index in [2.05, 4.69) is 15.6 Å². The Kier molecular flexibility index (Phi) is 6.83. The molecule has 0 spiro atoms. The van der Waals surface area contributed by atoms with Crippen LogP contribution in [0.4, 0.5) is 5.69 Å². The van der Waals surface area contributed by atoms with Gasteiger partial charge in [-0.15, -0.1) is 0 Å².